The molecule has 1 heterocycles. The van der Waals surface area contributed by atoms with Gasteiger partial charge in [0.2, 0.25) is 5.91 Å². The molecule has 4 nitrogen and oxygen atoms in total. The summed E-state index contributed by atoms with van der Waals surface area (Å²) in [6.07, 6.45) is -4.58. The molecule has 3 rings (SSSR count). The maximum absolute atomic E-state index is 13.9. The lowest BCUT2D eigenvalue weighted by molar-refractivity contribution is -0.187. The molecule has 1 aliphatic heterocycles. The van der Waals surface area contributed by atoms with Crippen molar-refractivity contribution in [3.05, 3.63) is 58.6 Å². The van der Waals surface area contributed by atoms with Crippen LogP contribution in [-0.4, -0.2) is 30.6 Å². The van der Waals surface area contributed by atoms with Crippen molar-refractivity contribution < 1.29 is 22.7 Å². The number of methoxy groups -OCH3 is 1. The minimum Gasteiger partial charge on any atom is -0.497 e. The summed E-state index contributed by atoms with van der Waals surface area (Å²) in [5.74, 6) is 0.0250. The predicted molar refractivity (Wildman–Crippen MR) is 92.3 cm³/mol. The average Bonchev–Trinajstić information content (AvgIpc) is 2.69. The van der Waals surface area contributed by atoms with E-state index in [1.807, 2.05) is 0 Å². The van der Waals surface area contributed by atoms with Crippen LogP contribution in [0.2, 0.25) is 5.02 Å². The van der Waals surface area contributed by atoms with E-state index in [1.54, 1.807) is 24.3 Å². The Morgan fingerprint density at radius 1 is 1.27 bits per heavy atom. The Morgan fingerprint density at radius 3 is 2.73 bits per heavy atom. The molecular weight excluding hydrogens is 369 g/mol. The van der Waals surface area contributed by atoms with Crippen LogP contribution in [0.25, 0.3) is 0 Å². The van der Waals surface area contributed by atoms with E-state index in [0.717, 1.165) is 4.90 Å². The minimum absolute atomic E-state index is 0.0687. The van der Waals surface area contributed by atoms with Crippen molar-refractivity contribution in [2.75, 3.05) is 19.0 Å². The molecule has 0 fully saturated rings. The number of rotatable bonds is 3. The number of alkyl halides is 3. The van der Waals surface area contributed by atoms with Crippen molar-refractivity contribution >= 4 is 23.2 Å². The highest BCUT2D eigenvalue weighted by Crippen LogP contribution is 2.43. The van der Waals surface area contributed by atoms with Gasteiger partial charge >= 0.3 is 6.18 Å². The second-order valence-corrected chi connectivity index (χ2v) is 6.42. The van der Waals surface area contributed by atoms with Crippen molar-refractivity contribution in [1.82, 2.24) is 4.90 Å². The third-order valence-corrected chi connectivity index (χ3v) is 4.36. The number of benzene rings is 2. The van der Waals surface area contributed by atoms with E-state index in [-0.39, 0.29) is 22.8 Å². The molecule has 0 spiro atoms. The van der Waals surface area contributed by atoms with Crippen LogP contribution in [0.1, 0.15) is 17.2 Å². The maximum atomic E-state index is 13.9. The number of anilines is 1. The molecule has 2 aromatic rings. The number of amides is 1. The average molecular weight is 385 g/mol. The Kier molecular flexibility index (Phi) is 5.11. The number of fused-ring (bicyclic) bond motifs is 1. The van der Waals surface area contributed by atoms with Gasteiger partial charge in [0.05, 0.1) is 13.7 Å². The fourth-order valence-corrected chi connectivity index (χ4v) is 3.25. The molecule has 26 heavy (non-hydrogen) atoms. The summed E-state index contributed by atoms with van der Waals surface area (Å²) in [6, 6.07) is 8.87. The molecule has 0 aliphatic carbocycles. The van der Waals surface area contributed by atoms with Crippen molar-refractivity contribution in [2.45, 2.75) is 18.8 Å². The lowest BCUT2D eigenvalue weighted by atomic mass is 10.0. The summed E-state index contributed by atoms with van der Waals surface area (Å²) in [5.41, 5.74) is 0.658. The van der Waals surface area contributed by atoms with Gasteiger partial charge in [0, 0.05) is 22.8 Å². The van der Waals surface area contributed by atoms with Crippen LogP contribution in [0, 0.1) is 0 Å². The van der Waals surface area contributed by atoms with Crippen molar-refractivity contribution in [2.24, 2.45) is 0 Å². The predicted octanol–water partition coefficient (Wildman–Crippen LogP) is 4.41. The van der Waals surface area contributed by atoms with Gasteiger partial charge in [-0.25, -0.2) is 0 Å². The van der Waals surface area contributed by atoms with Gasteiger partial charge in [-0.1, -0.05) is 23.7 Å². The molecule has 1 aliphatic rings. The largest absolute Gasteiger partial charge is 0.497 e. The molecule has 2 aromatic carbocycles. The van der Waals surface area contributed by atoms with Crippen LogP contribution >= 0.6 is 11.6 Å². The molecule has 0 saturated carbocycles. The van der Waals surface area contributed by atoms with Gasteiger partial charge in [-0.05, 0) is 35.9 Å². The highest BCUT2D eigenvalue weighted by molar-refractivity contribution is 6.30. The first-order chi connectivity index (χ1) is 12.3. The molecule has 1 atom stereocenters. The van der Waals surface area contributed by atoms with Gasteiger partial charge in [0.1, 0.15) is 11.8 Å². The van der Waals surface area contributed by atoms with E-state index >= 15 is 0 Å². The molecule has 1 N–H and O–H groups in total. The minimum atomic E-state index is -4.58. The lowest BCUT2D eigenvalue weighted by Crippen LogP contribution is -2.40. The Morgan fingerprint density at radius 2 is 2.04 bits per heavy atom. The smallest absolute Gasteiger partial charge is 0.408 e. The van der Waals surface area contributed by atoms with E-state index in [0.29, 0.717) is 11.3 Å². The first-order valence-corrected chi connectivity index (χ1v) is 8.18. The number of halogens is 4. The maximum Gasteiger partial charge on any atom is 0.408 e. The monoisotopic (exact) mass is 384 g/mol. The standard InChI is InChI=1S/C18H16ClF3N2O2/c1-26-13-4-2-3-11(7-13)9-24-10-16(25)23-15-6-5-12(19)8-14(15)17(24)18(20,21)22/h2-8,17H,9-10H2,1H3,(H,23,25). The quantitative estimate of drug-likeness (QED) is 0.852. The van der Waals surface area contributed by atoms with Crippen molar-refractivity contribution in [3.8, 4) is 5.75 Å². The first-order valence-electron chi connectivity index (χ1n) is 7.81. The summed E-state index contributed by atoms with van der Waals surface area (Å²) in [7, 11) is 1.48. The highest BCUT2D eigenvalue weighted by atomic mass is 35.5. The summed E-state index contributed by atoms with van der Waals surface area (Å²) >= 11 is 5.91. The van der Waals surface area contributed by atoms with Crippen LogP contribution in [0.4, 0.5) is 18.9 Å². The molecule has 0 aromatic heterocycles. The van der Waals surface area contributed by atoms with E-state index in [1.165, 1.54) is 25.3 Å². The number of nitrogens with one attached hydrogen (secondary N) is 1. The third-order valence-electron chi connectivity index (χ3n) is 4.12. The molecule has 8 heteroatoms. The van der Waals surface area contributed by atoms with E-state index in [9.17, 15) is 18.0 Å². The number of hydrogen-bond acceptors (Lipinski definition) is 3. The van der Waals surface area contributed by atoms with Crippen LogP contribution in [0.3, 0.4) is 0 Å². The third kappa shape index (κ3) is 3.94. The molecule has 1 amide bonds. The van der Waals surface area contributed by atoms with Crippen LogP contribution in [0.15, 0.2) is 42.5 Å². The molecule has 0 bridgehead atoms. The van der Waals surface area contributed by atoms with E-state index < -0.39 is 24.7 Å². The van der Waals surface area contributed by atoms with E-state index in [2.05, 4.69) is 5.32 Å². The van der Waals surface area contributed by atoms with Gasteiger partial charge < -0.3 is 10.1 Å². The summed E-state index contributed by atoms with van der Waals surface area (Å²) in [4.78, 5) is 13.2. The Bertz CT molecular complexity index is 826. The fourth-order valence-electron chi connectivity index (χ4n) is 3.07. The zero-order valence-corrected chi connectivity index (χ0v) is 14.6. The number of ether oxygens (including phenoxy) is 1. The van der Waals surface area contributed by atoms with Crippen LogP contribution in [-0.2, 0) is 11.3 Å². The summed E-state index contributed by atoms with van der Waals surface area (Å²) < 4.78 is 46.8. The number of hydrogen-bond donors (Lipinski definition) is 1. The SMILES string of the molecule is COc1cccc(CN2CC(=O)Nc3ccc(Cl)cc3C2C(F)(F)F)c1. The van der Waals surface area contributed by atoms with E-state index in [4.69, 9.17) is 16.3 Å². The van der Waals surface area contributed by atoms with Gasteiger partial charge in [-0.15, -0.1) is 0 Å². The normalized spacial score (nSPS) is 18.0. The van der Waals surface area contributed by atoms with Crippen LogP contribution in [0.5, 0.6) is 5.75 Å². The van der Waals surface area contributed by atoms with Gasteiger partial charge in [-0.3, -0.25) is 9.69 Å². The fraction of sp³-hybridized carbons (Fsp3) is 0.278. The van der Waals surface area contributed by atoms with Crippen LogP contribution < -0.4 is 10.1 Å². The number of carbonyl (C=O) groups excluding carboxylic acids is 1. The molecule has 138 valence electrons. The molecular formula is C18H16ClF3N2O2. The van der Waals surface area contributed by atoms with Gasteiger partial charge in [-0.2, -0.15) is 13.2 Å². The zero-order valence-electron chi connectivity index (χ0n) is 13.8. The van der Waals surface area contributed by atoms with Crippen molar-refractivity contribution in [1.29, 1.82) is 0 Å². The summed E-state index contributed by atoms with van der Waals surface area (Å²) in [5, 5.41) is 2.70. The number of carbonyl (C=O) groups is 1. The lowest BCUT2D eigenvalue weighted by Gasteiger charge is -2.31. The van der Waals surface area contributed by atoms with Crippen molar-refractivity contribution in [3.63, 3.8) is 0 Å². The second kappa shape index (κ2) is 7.17. The van der Waals surface area contributed by atoms with Gasteiger partial charge in [0.25, 0.3) is 0 Å². The highest BCUT2D eigenvalue weighted by Gasteiger charge is 2.47. The number of nitrogens with zero attached hydrogens (tertiary/aromatic N) is 1. The second-order valence-electron chi connectivity index (χ2n) is 5.98. The Hall–Kier alpha value is -2.25. The first kappa shape index (κ1) is 18.5. The summed E-state index contributed by atoms with van der Waals surface area (Å²) in [6.45, 7) is -0.464. The zero-order chi connectivity index (χ0) is 18.9. The Balaban J connectivity index is 2.05. The molecule has 0 saturated heterocycles. The Labute approximate surface area is 153 Å². The van der Waals surface area contributed by atoms with Gasteiger partial charge in [0.15, 0.2) is 0 Å². The topological polar surface area (TPSA) is 41.6 Å². The molecule has 1 unspecified atom stereocenters. The molecule has 0 radical (unpaired) electrons.